The average molecular weight is 524 g/mol. The fourth-order valence-corrected chi connectivity index (χ4v) is 5.25. The number of amides is 1. The minimum atomic E-state index is -0.409. The first-order valence-electron chi connectivity index (χ1n) is 13.3. The molecule has 2 heterocycles. The highest BCUT2D eigenvalue weighted by Gasteiger charge is 2.18. The Kier molecular flexibility index (Phi) is 6.75. The molecule has 0 unspecified atom stereocenters. The summed E-state index contributed by atoms with van der Waals surface area (Å²) in [6.07, 6.45) is 7.41. The van der Waals surface area contributed by atoms with Gasteiger partial charge >= 0.3 is 5.69 Å². The molecule has 3 aromatic carbocycles. The predicted octanol–water partition coefficient (Wildman–Crippen LogP) is 4.70. The third-order valence-corrected chi connectivity index (χ3v) is 7.35. The van der Waals surface area contributed by atoms with Gasteiger partial charge in [0.2, 0.25) is 6.79 Å². The normalized spacial score (nSPS) is 14.3. The molecule has 0 fully saturated rings. The molecule has 6 rings (SSSR count). The fourth-order valence-electron chi connectivity index (χ4n) is 5.25. The van der Waals surface area contributed by atoms with E-state index in [1.165, 1.54) is 16.6 Å². The van der Waals surface area contributed by atoms with Crippen molar-refractivity contribution in [3.8, 4) is 17.2 Å². The number of para-hydroxylation sites is 1. The maximum absolute atomic E-state index is 13.7. The van der Waals surface area contributed by atoms with Crippen LogP contribution in [0.5, 0.6) is 11.5 Å². The monoisotopic (exact) mass is 523 g/mol. The van der Waals surface area contributed by atoms with Crippen LogP contribution < -0.4 is 26.0 Å². The fraction of sp³-hybridized carbons (Fsp3) is 0.258. The summed E-state index contributed by atoms with van der Waals surface area (Å²) in [6, 6.07) is 19.4. The van der Waals surface area contributed by atoms with Gasteiger partial charge in [0.25, 0.3) is 11.5 Å². The Balaban J connectivity index is 1.35. The lowest BCUT2D eigenvalue weighted by Gasteiger charge is -2.17. The molecule has 1 aromatic heterocycles. The molecular weight excluding hydrogens is 494 g/mol. The molecule has 39 heavy (non-hydrogen) atoms. The third-order valence-electron chi connectivity index (χ3n) is 7.35. The van der Waals surface area contributed by atoms with Crippen molar-refractivity contribution in [1.29, 1.82) is 0 Å². The molecule has 0 spiro atoms. The minimum absolute atomic E-state index is 0.188. The van der Waals surface area contributed by atoms with Gasteiger partial charge in [-0.3, -0.25) is 14.2 Å². The van der Waals surface area contributed by atoms with Crippen LogP contribution in [-0.4, -0.2) is 21.8 Å². The largest absolute Gasteiger partial charge is 0.454 e. The summed E-state index contributed by atoms with van der Waals surface area (Å²) in [5, 5.41) is 3.32. The van der Waals surface area contributed by atoms with Crippen molar-refractivity contribution in [3.63, 3.8) is 0 Å². The quantitative estimate of drug-likeness (QED) is 0.355. The van der Waals surface area contributed by atoms with Crippen molar-refractivity contribution in [2.75, 3.05) is 6.79 Å². The molecule has 198 valence electrons. The van der Waals surface area contributed by atoms with Crippen LogP contribution in [0.2, 0.25) is 0 Å². The van der Waals surface area contributed by atoms with E-state index in [-0.39, 0.29) is 12.7 Å². The Labute approximate surface area is 225 Å². The zero-order chi connectivity index (χ0) is 26.8. The van der Waals surface area contributed by atoms with E-state index in [1.54, 1.807) is 47.0 Å². The van der Waals surface area contributed by atoms with Crippen LogP contribution in [0, 0.1) is 0 Å². The predicted molar refractivity (Wildman–Crippen MR) is 149 cm³/mol. The molecule has 0 saturated heterocycles. The Morgan fingerprint density at radius 3 is 2.59 bits per heavy atom. The number of rotatable bonds is 7. The zero-order valence-electron chi connectivity index (χ0n) is 21.5. The van der Waals surface area contributed by atoms with Gasteiger partial charge in [-0.2, -0.15) is 0 Å². The second-order valence-electron chi connectivity index (χ2n) is 9.87. The van der Waals surface area contributed by atoms with Gasteiger partial charge in [0.15, 0.2) is 11.5 Å². The molecule has 0 atom stereocenters. The maximum Gasteiger partial charge on any atom is 0.336 e. The molecular formula is C31H29N3O5. The van der Waals surface area contributed by atoms with E-state index in [4.69, 9.17) is 9.47 Å². The van der Waals surface area contributed by atoms with E-state index in [0.717, 1.165) is 31.2 Å². The summed E-state index contributed by atoms with van der Waals surface area (Å²) >= 11 is 0. The lowest BCUT2D eigenvalue weighted by Crippen LogP contribution is -2.39. The Morgan fingerprint density at radius 1 is 0.923 bits per heavy atom. The van der Waals surface area contributed by atoms with Crippen molar-refractivity contribution in [1.82, 2.24) is 14.5 Å². The van der Waals surface area contributed by atoms with Crippen molar-refractivity contribution in [2.45, 2.75) is 45.2 Å². The highest BCUT2D eigenvalue weighted by molar-refractivity contribution is 5.97. The van der Waals surface area contributed by atoms with Gasteiger partial charge in [-0.1, -0.05) is 35.9 Å². The van der Waals surface area contributed by atoms with Gasteiger partial charge in [0, 0.05) is 18.7 Å². The van der Waals surface area contributed by atoms with Crippen LogP contribution in [0.25, 0.3) is 16.6 Å². The molecule has 1 N–H and O–H groups in total. The highest BCUT2D eigenvalue weighted by Crippen LogP contribution is 2.32. The number of allylic oxidation sites excluding steroid dienone is 2. The average Bonchev–Trinajstić information content (AvgIpc) is 3.45. The van der Waals surface area contributed by atoms with Gasteiger partial charge in [-0.05, 0) is 80.1 Å². The lowest BCUT2D eigenvalue weighted by atomic mass is 9.97. The summed E-state index contributed by atoms with van der Waals surface area (Å²) in [5.74, 6) is 1.04. The Hall–Kier alpha value is -4.59. The maximum atomic E-state index is 13.7. The van der Waals surface area contributed by atoms with Crippen LogP contribution in [0.4, 0.5) is 0 Å². The number of ether oxygens (including phenoxy) is 2. The molecule has 4 aromatic rings. The summed E-state index contributed by atoms with van der Waals surface area (Å²) < 4.78 is 13.6. The smallest absolute Gasteiger partial charge is 0.336 e. The van der Waals surface area contributed by atoms with Crippen LogP contribution in [0.1, 0.15) is 48.0 Å². The molecule has 8 nitrogen and oxygen atoms in total. The van der Waals surface area contributed by atoms with E-state index >= 15 is 0 Å². The molecule has 1 aliphatic heterocycles. The molecule has 0 saturated carbocycles. The second kappa shape index (κ2) is 10.6. The van der Waals surface area contributed by atoms with Crippen molar-refractivity contribution in [3.05, 3.63) is 110 Å². The zero-order valence-corrected chi connectivity index (χ0v) is 21.5. The number of carbonyl (C=O) groups excluding carboxylic acids is 1. The second-order valence-corrected chi connectivity index (χ2v) is 9.87. The first-order chi connectivity index (χ1) is 19.1. The number of aryl methyl sites for hydroxylation is 1. The van der Waals surface area contributed by atoms with E-state index < -0.39 is 11.2 Å². The minimum Gasteiger partial charge on any atom is -0.454 e. The van der Waals surface area contributed by atoms with Gasteiger partial charge < -0.3 is 14.8 Å². The number of hydrogen-bond donors (Lipinski definition) is 1. The molecule has 1 amide bonds. The van der Waals surface area contributed by atoms with Crippen molar-refractivity contribution < 1.29 is 14.3 Å². The summed E-state index contributed by atoms with van der Waals surface area (Å²) in [4.78, 5) is 40.4. The van der Waals surface area contributed by atoms with Crippen molar-refractivity contribution in [2.24, 2.45) is 0 Å². The first-order valence-corrected chi connectivity index (χ1v) is 13.3. The number of benzene rings is 3. The lowest BCUT2D eigenvalue weighted by molar-refractivity contribution is 0.0951. The summed E-state index contributed by atoms with van der Waals surface area (Å²) in [6.45, 7) is 0.911. The van der Waals surface area contributed by atoms with E-state index in [1.807, 2.05) is 24.3 Å². The molecule has 1 aliphatic carbocycles. The van der Waals surface area contributed by atoms with Gasteiger partial charge in [0.1, 0.15) is 0 Å². The first kappa shape index (κ1) is 24.7. The number of carbonyl (C=O) groups is 1. The van der Waals surface area contributed by atoms with Crippen LogP contribution in [0.3, 0.4) is 0 Å². The SMILES string of the molecule is O=C(NCc1ccc2c(c1)OCO2)c1ccc2c(=O)n(-c3ccccc3)c(=O)n(CCC3=CCCCC3)c2c1. The molecule has 8 heteroatoms. The van der Waals surface area contributed by atoms with Gasteiger partial charge in [-0.25, -0.2) is 9.36 Å². The van der Waals surface area contributed by atoms with Crippen molar-refractivity contribution >= 4 is 16.8 Å². The van der Waals surface area contributed by atoms with Crippen LogP contribution in [-0.2, 0) is 13.1 Å². The Morgan fingerprint density at radius 2 is 1.77 bits per heavy atom. The van der Waals surface area contributed by atoms with Gasteiger partial charge in [0.05, 0.1) is 16.6 Å². The molecule has 2 aliphatic rings. The van der Waals surface area contributed by atoms with E-state index in [2.05, 4.69) is 11.4 Å². The third kappa shape index (κ3) is 4.97. The van der Waals surface area contributed by atoms with Gasteiger partial charge in [-0.15, -0.1) is 0 Å². The number of nitrogens with zero attached hydrogens (tertiary/aromatic N) is 2. The highest BCUT2D eigenvalue weighted by atomic mass is 16.7. The summed E-state index contributed by atoms with van der Waals surface area (Å²) in [7, 11) is 0. The number of hydrogen-bond acceptors (Lipinski definition) is 5. The standard InChI is InChI=1S/C31H29N3O5/c35-29(32-19-22-11-14-27-28(17-22)39-20-38-27)23-12-13-25-26(18-23)33(16-15-21-7-3-1-4-8-21)31(37)34(30(25)36)24-9-5-2-6-10-24/h2,5-7,9-14,17-18H,1,3-4,8,15-16,19-20H2,(H,32,35). The van der Waals surface area contributed by atoms with Crippen LogP contribution >= 0.6 is 0 Å². The topological polar surface area (TPSA) is 91.6 Å². The Bertz CT molecular complexity index is 1700. The molecule has 0 bridgehead atoms. The number of aromatic nitrogens is 2. The van der Waals surface area contributed by atoms with E-state index in [0.29, 0.717) is 46.7 Å². The number of fused-ring (bicyclic) bond motifs is 2. The van der Waals surface area contributed by atoms with E-state index in [9.17, 15) is 14.4 Å². The molecule has 0 radical (unpaired) electrons. The van der Waals surface area contributed by atoms with Crippen LogP contribution in [0.15, 0.2) is 88.0 Å². The summed E-state index contributed by atoms with van der Waals surface area (Å²) in [5.41, 5.74) is 2.75. The number of nitrogens with one attached hydrogen (secondary N) is 1.